The van der Waals surface area contributed by atoms with Crippen LogP contribution in [0.2, 0.25) is 0 Å². The van der Waals surface area contributed by atoms with Crippen LogP contribution in [0.3, 0.4) is 0 Å². The highest BCUT2D eigenvalue weighted by molar-refractivity contribution is 5.43. The largest absolute Gasteiger partial charge is 0.490 e. The fraction of sp³-hybridized carbons (Fsp3) is 0.571. The van der Waals surface area contributed by atoms with Crippen molar-refractivity contribution in [3.8, 4) is 11.5 Å². The predicted octanol–water partition coefficient (Wildman–Crippen LogP) is 2.98. The molecule has 1 aliphatic heterocycles. The third-order valence-electron chi connectivity index (χ3n) is 3.17. The van der Waals surface area contributed by atoms with Gasteiger partial charge in [-0.3, -0.25) is 0 Å². The zero-order valence-corrected chi connectivity index (χ0v) is 11.0. The number of benzene rings is 1. The lowest BCUT2D eigenvalue weighted by Crippen LogP contribution is -2.23. The Morgan fingerprint density at radius 2 is 2.21 bits per heavy atom. The molecule has 0 spiro atoms. The van der Waals surface area contributed by atoms with E-state index in [9.17, 15) is 8.78 Å². The first-order valence-corrected chi connectivity index (χ1v) is 6.63. The van der Waals surface area contributed by atoms with Crippen molar-refractivity contribution in [2.24, 2.45) is 0 Å². The van der Waals surface area contributed by atoms with Gasteiger partial charge in [-0.1, -0.05) is 6.07 Å². The monoisotopic (exact) mass is 271 g/mol. The van der Waals surface area contributed by atoms with Gasteiger partial charge in [0.15, 0.2) is 11.5 Å². The van der Waals surface area contributed by atoms with E-state index >= 15 is 0 Å². The number of hydrogen-bond acceptors (Lipinski definition) is 3. The minimum absolute atomic E-state index is 0.0972. The second-order valence-corrected chi connectivity index (χ2v) is 4.59. The fourth-order valence-electron chi connectivity index (χ4n) is 2.36. The van der Waals surface area contributed by atoms with Gasteiger partial charge < -0.3 is 14.8 Å². The molecule has 1 aromatic rings. The molecule has 1 N–H and O–H groups in total. The summed E-state index contributed by atoms with van der Waals surface area (Å²) in [5.74, 6) is 0.485. The Morgan fingerprint density at radius 3 is 2.84 bits per heavy atom. The smallest absolute Gasteiger partial charge is 0.387 e. The molecule has 1 fully saturated rings. The zero-order valence-electron chi connectivity index (χ0n) is 11.0. The molecule has 0 aliphatic carbocycles. The van der Waals surface area contributed by atoms with Gasteiger partial charge in [0.05, 0.1) is 6.61 Å². The van der Waals surface area contributed by atoms with E-state index in [4.69, 9.17) is 4.74 Å². The molecule has 0 bridgehead atoms. The van der Waals surface area contributed by atoms with Gasteiger partial charge in [-0.2, -0.15) is 8.78 Å². The predicted molar refractivity (Wildman–Crippen MR) is 69.0 cm³/mol. The number of nitrogens with one attached hydrogen (secondary N) is 1. The van der Waals surface area contributed by atoms with Gasteiger partial charge in [-0.25, -0.2) is 0 Å². The molecule has 1 heterocycles. The highest BCUT2D eigenvalue weighted by atomic mass is 19.3. The third-order valence-corrected chi connectivity index (χ3v) is 3.17. The van der Waals surface area contributed by atoms with Crippen LogP contribution in [0.1, 0.15) is 25.3 Å². The van der Waals surface area contributed by atoms with E-state index in [-0.39, 0.29) is 5.75 Å². The maximum atomic E-state index is 12.3. The minimum Gasteiger partial charge on any atom is -0.490 e. The number of alkyl halides is 2. The van der Waals surface area contributed by atoms with Gasteiger partial charge in [0.2, 0.25) is 0 Å². The molecule has 0 aromatic heterocycles. The van der Waals surface area contributed by atoms with Gasteiger partial charge in [0.1, 0.15) is 0 Å². The van der Waals surface area contributed by atoms with Crippen LogP contribution in [-0.4, -0.2) is 25.8 Å². The van der Waals surface area contributed by atoms with Crippen LogP contribution >= 0.6 is 0 Å². The SMILES string of the molecule is CCOc1cc(CC2CCCN2)ccc1OC(F)F. The molecule has 1 aromatic carbocycles. The third kappa shape index (κ3) is 4.06. The summed E-state index contributed by atoms with van der Waals surface area (Å²) in [4.78, 5) is 0. The fourth-order valence-corrected chi connectivity index (χ4v) is 2.36. The van der Waals surface area contributed by atoms with Crippen molar-refractivity contribution in [1.29, 1.82) is 0 Å². The summed E-state index contributed by atoms with van der Waals surface area (Å²) in [6.07, 6.45) is 3.23. The molecule has 1 unspecified atom stereocenters. The lowest BCUT2D eigenvalue weighted by molar-refractivity contribution is -0.0514. The summed E-state index contributed by atoms with van der Waals surface area (Å²) in [7, 11) is 0. The van der Waals surface area contributed by atoms with Crippen molar-refractivity contribution in [3.63, 3.8) is 0 Å². The van der Waals surface area contributed by atoms with Gasteiger partial charge in [-0.05, 0) is 50.4 Å². The average molecular weight is 271 g/mol. The second kappa shape index (κ2) is 6.70. The lowest BCUT2D eigenvalue weighted by Gasteiger charge is -2.14. The summed E-state index contributed by atoms with van der Waals surface area (Å²) in [6.45, 7) is 0.457. The van der Waals surface area contributed by atoms with Crippen molar-refractivity contribution >= 4 is 0 Å². The van der Waals surface area contributed by atoms with E-state index < -0.39 is 6.61 Å². The van der Waals surface area contributed by atoms with Gasteiger partial charge in [0.25, 0.3) is 0 Å². The van der Waals surface area contributed by atoms with Crippen molar-refractivity contribution in [2.75, 3.05) is 13.2 Å². The summed E-state index contributed by atoms with van der Waals surface area (Å²) in [5, 5.41) is 3.41. The number of ether oxygens (including phenoxy) is 2. The number of rotatable bonds is 6. The molecule has 106 valence electrons. The van der Waals surface area contributed by atoms with Gasteiger partial charge in [-0.15, -0.1) is 0 Å². The molecule has 0 radical (unpaired) electrons. The van der Waals surface area contributed by atoms with E-state index in [2.05, 4.69) is 10.1 Å². The Morgan fingerprint density at radius 1 is 1.37 bits per heavy atom. The highest BCUT2D eigenvalue weighted by Crippen LogP contribution is 2.30. The molecule has 0 saturated carbocycles. The summed E-state index contributed by atoms with van der Waals surface area (Å²) < 4.78 is 34.4. The number of hydrogen-bond donors (Lipinski definition) is 1. The Balaban J connectivity index is 2.10. The number of halogens is 2. The van der Waals surface area contributed by atoms with Crippen molar-refractivity contribution in [2.45, 2.75) is 38.8 Å². The molecule has 5 heteroatoms. The van der Waals surface area contributed by atoms with Crippen LogP contribution in [0.5, 0.6) is 11.5 Å². The van der Waals surface area contributed by atoms with Crippen LogP contribution in [0.25, 0.3) is 0 Å². The van der Waals surface area contributed by atoms with E-state index in [1.54, 1.807) is 12.1 Å². The molecular formula is C14H19F2NO2. The Hall–Kier alpha value is -1.36. The summed E-state index contributed by atoms with van der Waals surface area (Å²) in [6, 6.07) is 5.64. The first-order chi connectivity index (χ1) is 9.19. The Bertz CT molecular complexity index is 406. The molecule has 1 atom stereocenters. The van der Waals surface area contributed by atoms with Gasteiger partial charge >= 0.3 is 6.61 Å². The normalized spacial score (nSPS) is 18.8. The van der Waals surface area contributed by atoms with Crippen LogP contribution < -0.4 is 14.8 Å². The van der Waals surface area contributed by atoms with Crippen molar-refractivity contribution in [1.82, 2.24) is 5.32 Å². The average Bonchev–Trinajstić information content (AvgIpc) is 2.85. The molecule has 1 aliphatic rings. The first-order valence-electron chi connectivity index (χ1n) is 6.63. The van der Waals surface area contributed by atoms with Gasteiger partial charge in [0, 0.05) is 6.04 Å². The van der Waals surface area contributed by atoms with E-state index in [0.717, 1.165) is 24.9 Å². The second-order valence-electron chi connectivity index (χ2n) is 4.59. The van der Waals surface area contributed by atoms with Crippen molar-refractivity contribution < 1.29 is 18.3 Å². The van der Waals surface area contributed by atoms with E-state index in [1.165, 1.54) is 6.42 Å². The highest BCUT2D eigenvalue weighted by Gasteiger charge is 2.16. The Kier molecular flexibility index (Phi) is 4.96. The Labute approximate surface area is 111 Å². The van der Waals surface area contributed by atoms with E-state index in [0.29, 0.717) is 18.4 Å². The summed E-state index contributed by atoms with van der Waals surface area (Å²) >= 11 is 0. The first kappa shape index (κ1) is 14.1. The molecule has 2 rings (SSSR count). The zero-order chi connectivity index (χ0) is 13.7. The molecule has 19 heavy (non-hydrogen) atoms. The maximum Gasteiger partial charge on any atom is 0.387 e. The lowest BCUT2D eigenvalue weighted by atomic mass is 10.0. The minimum atomic E-state index is -2.83. The molecule has 0 amide bonds. The van der Waals surface area contributed by atoms with E-state index in [1.807, 2.05) is 13.0 Å². The maximum absolute atomic E-state index is 12.3. The molecule has 1 saturated heterocycles. The quantitative estimate of drug-likeness (QED) is 0.862. The standard InChI is InChI=1S/C14H19F2NO2/c1-2-18-13-9-10(8-11-4-3-7-17-11)5-6-12(13)19-14(15)16/h5-6,9,11,14,17H,2-4,7-8H2,1H3. The van der Waals surface area contributed by atoms with Crippen LogP contribution in [0.4, 0.5) is 8.78 Å². The van der Waals surface area contributed by atoms with Crippen LogP contribution in [0, 0.1) is 0 Å². The molecule has 3 nitrogen and oxygen atoms in total. The summed E-state index contributed by atoms with van der Waals surface area (Å²) in [5.41, 5.74) is 1.07. The van der Waals surface area contributed by atoms with Crippen LogP contribution in [-0.2, 0) is 6.42 Å². The van der Waals surface area contributed by atoms with Crippen LogP contribution in [0.15, 0.2) is 18.2 Å². The molecular weight excluding hydrogens is 252 g/mol. The van der Waals surface area contributed by atoms with Crippen molar-refractivity contribution in [3.05, 3.63) is 23.8 Å². The topological polar surface area (TPSA) is 30.5 Å².